The molecule has 17 heavy (non-hydrogen) atoms. The predicted molar refractivity (Wildman–Crippen MR) is 61.2 cm³/mol. The summed E-state index contributed by atoms with van der Waals surface area (Å²) in [4.78, 5) is 15.9. The van der Waals surface area contributed by atoms with E-state index in [4.69, 9.17) is 9.88 Å². The summed E-state index contributed by atoms with van der Waals surface area (Å²) in [7, 11) is 0. The molecule has 0 aliphatic heterocycles. The smallest absolute Gasteiger partial charge is 0.356 e. The number of nitrogens with two attached hydrogens (primary N) is 1. The van der Waals surface area contributed by atoms with Crippen LogP contribution in [0, 0.1) is 5.82 Å². The number of ether oxygens (including phenoxy) is 1. The molecule has 0 aromatic carbocycles. The molecule has 0 saturated carbocycles. The standard InChI is InChI=1S/C10H10FN3O2S/c1-2-16-10(15)8-4-13-9-7(11)3-6(17-12)5-14(8)9/h3-5H,2,12H2,1H3. The van der Waals surface area contributed by atoms with Crippen LogP contribution >= 0.6 is 11.9 Å². The number of hydrogen-bond acceptors (Lipinski definition) is 5. The molecule has 0 radical (unpaired) electrons. The van der Waals surface area contributed by atoms with E-state index in [1.807, 2.05) is 0 Å². The lowest BCUT2D eigenvalue weighted by Gasteiger charge is -2.03. The number of aromatic nitrogens is 2. The number of pyridine rings is 1. The fourth-order valence-electron chi connectivity index (χ4n) is 1.44. The minimum absolute atomic E-state index is 0.0749. The van der Waals surface area contributed by atoms with Crippen molar-refractivity contribution in [1.29, 1.82) is 0 Å². The third-order valence-electron chi connectivity index (χ3n) is 2.16. The Labute approximate surface area is 101 Å². The van der Waals surface area contributed by atoms with Crippen LogP contribution < -0.4 is 5.14 Å². The van der Waals surface area contributed by atoms with Gasteiger partial charge in [0.05, 0.1) is 12.8 Å². The lowest BCUT2D eigenvalue weighted by Crippen LogP contribution is -2.08. The Morgan fingerprint density at radius 1 is 1.71 bits per heavy atom. The van der Waals surface area contributed by atoms with Gasteiger partial charge in [-0.15, -0.1) is 0 Å². The Bertz CT molecular complexity index is 570. The second-order valence-electron chi connectivity index (χ2n) is 3.20. The fraction of sp³-hybridized carbons (Fsp3) is 0.200. The van der Waals surface area contributed by atoms with Crippen LogP contribution in [0.1, 0.15) is 17.4 Å². The number of rotatable bonds is 3. The second-order valence-corrected chi connectivity index (χ2v) is 3.91. The molecule has 0 spiro atoms. The van der Waals surface area contributed by atoms with Crippen molar-refractivity contribution in [3.8, 4) is 0 Å². The fourth-order valence-corrected chi connectivity index (χ4v) is 1.78. The highest BCUT2D eigenvalue weighted by molar-refractivity contribution is 7.97. The Morgan fingerprint density at radius 3 is 3.12 bits per heavy atom. The Balaban J connectivity index is 2.58. The molecule has 0 aliphatic carbocycles. The van der Waals surface area contributed by atoms with E-state index in [0.717, 1.165) is 11.9 Å². The highest BCUT2D eigenvalue weighted by Crippen LogP contribution is 2.18. The molecular formula is C10H10FN3O2S. The molecule has 0 bridgehead atoms. The number of carbonyl (C=O) groups is 1. The van der Waals surface area contributed by atoms with Gasteiger partial charge in [-0.05, 0) is 24.9 Å². The van der Waals surface area contributed by atoms with Crippen molar-refractivity contribution in [1.82, 2.24) is 9.38 Å². The zero-order valence-electron chi connectivity index (χ0n) is 9.01. The SMILES string of the molecule is CCOC(=O)c1cnc2c(F)cc(SN)cn12. The lowest BCUT2D eigenvalue weighted by atomic mass is 10.4. The lowest BCUT2D eigenvalue weighted by molar-refractivity contribution is 0.0518. The minimum Gasteiger partial charge on any atom is -0.461 e. The molecule has 2 aromatic heterocycles. The van der Waals surface area contributed by atoms with E-state index in [2.05, 4.69) is 4.98 Å². The zero-order valence-corrected chi connectivity index (χ0v) is 9.83. The van der Waals surface area contributed by atoms with Crippen LogP contribution in [0.25, 0.3) is 5.65 Å². The average Bonchev–Trinajstić information content (AvgIpc) is 2.73. The van der Waals surface area contributed by atoms with Crippen LogP contribution in [0.2, 0.25) is 0 Å². The van der Waals surface area contributed by atoms with Crippen molar-refractivity contribution >= 4 is 23.6 Å². The number of carbonyl (C=O) groups excluding carboxylic acids is 1. The van der Waals surface area contributed by atoms with Crippen molar-refractivity contribution in [3.05, 3.63) is 30.0 Å². The maximum Gasteiger partial charge on any atom is 0.356 e. The molecule has 0 unspecified atom stereocenters. The van der Waals surface area contributed by atoms with E-state index in [9.17, 15) is 9.18 Å². The van der Waals surface area contributed by atoms with Crippen LogP contribution in [-0.2, 0) is 4.74 Å². The summed E-state index contributed by atoms with van der Waals surface area (Å²) in [5, 5.41) is 5.36. The van der Waals surface area contributed by atoms with E-state index in [1.54, 1.807) is 13.1 Å². The first-order valence-corrected chi connectivity index (χ1v) is 5.75. The molecule has 7 heteroatoms. The number of nitrogens with zero attached hydrogens (tertiary/aromatic N) is 2. The van der Waals surface area contributed by atoms with Gasteiger partial charge in [-0.25, -0.2) is 14.2 Å². The Morgan fingerprint density at radius 2 is 2.47 bits per heavy atom. The number of esters is 1. The Hall–Kier alpha value is -1.60. The third-order valence-corrected chi connectivity index (χ3v) is 2.65. The highest BCUT2D eigenvalue weighted by atomic mass is 32.2. The quantitative estimate of drug-likeness (QED) is 0.666. The maximum atomic E-state index is 13.6. The summed E-state index contributed by atoms with van der Waals surface area (Å²) in [6.45, 7) is 1.95. The van der Waals surface area contributed by atoms with Gasteiger partial charge in [0.2, 0.25) is 0 Å². The normalized spacial score (nSPS) is 10.8. The van der Waals surface area contributed by atoms with E-state index in [1.165, 1.54) is 16.7 Å². The molecule has 2 rings (SSSR count). The second kappa shape index (κ2) is 4.72. The molecular weight excluding hydrogens is 245 g/mol. The van der Waals surface area contributed by atoms with Gasteiger partial charge in [0, 0.05) is 11.1 Å². The summed E-state index contributed by atoms with van der Waals surface area (Å²) in [5.74, 6) is -1.07. The molecule has 0 saturated heterocycles. The van der Waals surface area contributed by atoms with E-state index >= 15 is 0 Å². The molecule has 0 aliphatic rings. The molecule has 0 fully saturated rings. The third kappa shape index (κ3) is 2.11. The van der Waals surface area contributed by atoms with Crippen LogP contribution in [0.15, 0.2) is 23.4 Å². The first-order chi connectivity index (χ1) is 8.17. The van der Waals surface area contributed by atoms with Crippen molar-refractivity contribution in [2.45, 2.75) is 11.8 Å². The van der Waals surface area contributed by atoms with Crippen molar-refractivity contribution < 1.29 is 13.9 Å². The van der Waals surface area contributed by atoms with Gasteiger partial charge < -0.3 is 4.74 Å². The molecule has 0 atom stereocenters. The van der Waals surface area contributed by atoms with Crippen LogP contribution in [0.4, 0.5) is 4.39 Å². The molecule has 0 amide bonds. The summed E-state index contributed by atoms with van der Waals surface area (Å²) < 4.78 is 19.8. The van der Waals surface area contributed by atoms with E-state index in [0.29, 0.717) is 4.90 Å². The average molecular weight is 255 g/mol. The summed E-state index contributed by atoms with van der Waals surface area (Å²) in [6, 6.07) is 1.27. The van der Waals surface area contributed by atoms with Gasteiger partial charge in [-0.3, -0.25) is 9.54 Å². The first-order valence-electron chi connectivity index (χ1n) is 4.87. The molecule has 2 heterocycles. The molecule has 2 aromatic rings. The molecule has 2 N–H and O–H groups in total. The van der Waals surface area contributed by atoms with Crippen molar-refractivity contribution in [2.24, 2.45) is 5.14 Å². The van der Waals surface area contributed by atoms with Gasteiger partial charge >= 0.3 is 5.97 Å². The number of imidazole rings is 1. The monoisotopic (exact) mass is 255 g/mol. The first kappa shape index (κ1) is 11.9. The maximum absolute atomic E-state index is 13.6. The van der Waals surface area contributed by atoms with Crippen LogP contribution in [0.5, 0.6) is 0 Å². The van der Waals surface area contributed by atoms with Crippen LogP contribution in [0.3, 0.4) is 0 Å². The van der Waals surface area contributed by atoms with Gasteiger partial charge in [0.1, 0.15) is 0 Å². The van der Waals surface area contributed by atoms with Crippen LogP contribution in [-0.4, -0.2) is 22.0 Å². The van der Waals surface area contributed by atoms with Gasteiger partial charge in [0.15, 0.2) is 17.2 Å². The van der Waals surface area contributed by atoms with E-state index < -0.39 is 11.8 Å². The topological polar surface area (TPSA) is 69.6 Å². The highest BCUT2D eigenvalue weighted by Gasteiger charge is 2.16. The zero-order chi connectivity index (χ0) is 12.4. The van der Waals surface area contributed by atoms with Gasteiger partial charge in [-0.2, -0.15) is 0 Å². The molecule has 90 valence electrons. The number of halogens is 1. The summed E-state index contributed by atoms with van der Waals surface area (Å²) in [6.07, 6.45) is 2.82. The Kier molecular flexibility index (Phi) is 3.30. The predicted octanol–water partition coefficient (Wildman–Crippen LogP) is 1.62. The summed E-state index contributed by atoms with van der Waals surface area (Å²) in [5.41, 5.74) is 0.252. The minimum atomic E-state index is -0.543. The molecule has 5 nitrogen and oxygen atoms in total. The van der Waals surface area contributed by atoms with Gasteiger partial charge in [0.25, 0.3) is 0 Å². The number of hydrogen-bond donors (Lipinski definition) is 1. The van der Waals surface area contributed by atoms with Crippen molar-refractivity contribution in [3.63, 3.8) is 0 Å². The van der Waals surface area contributed by atoms with Gasteiger partial charge in [-0.1, -0.05) is 0 Å². The number of fused-ring (bicyclic) bond motifs is 1. The summed E-state index contributed by atoms with van der Waals surface area (Å²) >= 11 is 0.894. The van der Waals surface area contributed by atoms with Crippen molar-refractivity contribution in [2.75, 3.05) is 6.61 Å². The van der Waals surface area contributed by atoms with E-state index in [-0.39, 0.29) is 17.9 Å². The largest absolute Gasteiger partial charge is 0.461 e.